The Bertz CT molecular complexity index is 733. The molecule has 1 aromatic heterocycles. The number of nitrogens with zero attached hydrogens (tertiary/aromatic N) is 4. The molecule has 1 atom stereocenters. The second-order valence-electron chi connectivity index (χ2n) is 6.41. The van der Waals surface area contributed by atoms with E-state index in [-0.39, 0.29) is 11.8 Å². The molecule has 1 fully saturated rings. The largest absolute Gasteiger partial charge is 0.368 e. The second-order valence-corrected chi connectivity index (χ2v) is 6.41. The van der Waals surface area contributed by atoms with Gasteiger partial charge in [0.15, 0.2) is 0 Å². The number of anilines is 4. The summed E-state index contributed by atoms with van der Waals surface area (Å²) in [7, 11) is 4.18. The molecule has 0 spiro atoms. The van der Waals surface area contributed by atoms with Crippen LogP contribution >= 0.6 is 0 Å². The molecule has 1 aliphatic rings. The lowest BCUT2D eigenvalue weighted by atomic mass is 10.2. The van der Waals surface area contributed by atoms with Gasteiger partial charge in [-0.2, -0.15) is 9.97 Å². The first-order chi connectivity index (χ1) is 11.4. The van der Waals surface area contributed by atoms with Gasteiger partial charge in [0, 0.05) is 30.9 Å². The van der Waals surface area contributed by atoms with Gasteiger partial charge in [-0.05, 0) is 51.2 Å². The van der Waals surface area contributed by atoms with Crippen LogP contribution in [0.4, 0.5) is 27.7 Å². The Kier molecular flexibility index (Phi) is 4.53. The third-order valence-corrected chi connectivity index (χ3v) is 4.38. The van der Waals surface area contributed by atoms with E-state index in [1.807, 2.05) is 6.07 Å². The van der Waals surface area contributed by atoms with Crippen LogP contribution in [0, 0.1) is 12.7 Å². The maximum Gasteiger partial charge on any atom is 0.223 e. The standard InChI is InChI=1S/C17H23FN6/c1-11-8-12(4-5-14(11)18)20-15-9-16(22-17(19)21-15)24-7-6-13(10-24)23(2)3/h4-5,8-9,13H,6-7,10H2,1-3H3,(H3,19,20,21,22)/t13-/m1/s1. The minimum Gasteiger partial charge on any atom is -0.368 e. The van der Waals surface area contributed by atoms with Gasteiger partial charge in [-0.25, -0.2) is 4.39 Å². The topological polar surface area (TPSA) is 70.3 Å². The van der Waals surface area contributed by atoms with Crippen LogP contribution in [-0.4, -0.2) is 48.1 Å². The van der Waals surface area contributed by atoms with Crippen LogP contribution in [0.25, 0.3) is 0 Å². The number of rotatable bonds is 4. The lowest BCUT2D eigenvalue weighted by molar-refractivity contribution is 0.315. The summed E-state index contributed by atoms with van der Waals surface area (Å²) in [5.41, 5.74) is 7.22. The smallest absolute Gasteiger partial charge is 0.223 e. The average molecular weight is 330 g/mol. The first-order valence-corrected chi connectivity index (χ1v) is 8.01. The SMILES string of the molecule is Cc1cc(Nc2cc(N3CC[C@@H](N(C)C)C3)nc(N)n2)ccc1F. The van der Waals surface area contributed by atoms with Crippen molar-refractivity contribution in [3.05, 3.63) is 35.6 Å². The van der Waals surface area contributed by atoms with Crippen LogP contribution in [0.15, 0.2) is 24.3 Å². The maximum atomic E-state index is 13.4. The fourth-order valence-corrected chi connectivity index (χ4v) is 2.92. The summed E-state index contributed by atoms with van der Waals surface area (Å²) in [5.74, 6) is 1.42. The molecule has 6 nitrogen and oxygen atoms in total. The van der Waals surface area contributed by atoms with Crippen LogP contribution in [-0.2, 0) is 0 Å². The quantitative estimate of drug-likeness (QED) is 0.897. The number of nitrogens with two attached hydrogens (primary N) is 1. The molecular weight excluding hydrogens is 307 g/mol. The van der Waals surface area contributed by atoms with Gasteiger partial charge in [0.25, 0.3) is 0 Å². The predicted octanol–water partition coefficient (Wildman–Crippen LogP) is 2.39. The van der Waals surface area contributed by atoms with E-state index >= 15 is 0 Å². The molecule has 128 valence electrons. The molecule has 0 amide bonds. The normalized spacial score (nSPS) is 17.5. The zero-order valence-corrected chi connectivity index (χ0v) is 14.3. The van der Waals surface area contributed by atoms with Gasteiger partial charge >= 0.3 is 0 Å². The van der Waals surface area contributed by atoms with E-state index in [1.165, 1.54) is 6.07 Å². The maximum absolute atomic E-state index is 13.4. The Morgan fingerprint density at radius 3 is 2.75 bits per heavy atom. The zero-order chi connectivity index (χ0) is 17.3. The Balaban J connectivity index is 1.80. The monoisotopic (exact) mass is 330 g/mol. The highest BCUT2D eigenvalue weighted by molar-refractivity contribution is 5.62. The third kappa shape index (κ3) is 3.56. The molecule has 0 aliphatic carbocycles. The van der Waals surface area contributed by atoms with Crippen molar-refractivity contribution in [1.82, 2.24) is 14.9 Å². The number of nitrogen functional groups attached to an aromatic ring is 1. The van der Waals surface area contributed by atoms with E-state index in [0.717, 1.165) is 31.0 Å². The van der Waals surface area contributed by atoms with Crippen molar-refractivity contribution in [2.75, 3.05) is 43.1 Å². The number of aryl methyl sites for hydroxylation is 1. The fraction of sp³-hybridized carbons (Fsp3) is 0.412. The minimum absolute atomic E-state index is 0.224. The second kappa shape index (κ2) is 6.60. The van der Waals surface area contributed by atoms with Gasteiger partial charge in [-0.3, -0.25) is 0 Å². The molecule has 24 heavy (non-hydrogen) atoms. The molecular formula is C17H23FN6. The van der Waals surface area contributed by atoms with Crippen LogP contribution in [0.3, 0.4) is 0 Å². The summed E-state index contributed by atoms with van der Waals surface area (Å²) < 4.78 is 13.4. The molecule has 0 bridgehead atoms. The summed E-state index contributed by atoms with van der Waals surface area (Å²) in [6.45, 7) is 3.58. The molecule has 0 radical (unpaired) electrons. The fourth-order valence-electron chi connectivity index (χ4n) is 2.92. The lowest BCUT2D eigenvalue weighted by Gasteiger charge is -2.21. The number of likely N-dealkylation sites (N-methyl/N-ethyl adjacent to an activating group) is 1. The van der Waals surface area contributed by atoms with Gasteiger partial charge < -0.3 is 20.9 Å². The number of hydrogen-bond acceptors (Lipinski definition) is 6. The van der Waals surface area contributed by atoms with Gasteiger partial charge in [-0.15, -0.1) is 0 Å². The van der Waals surface area contributed by atoms with Crippen molar-refractivity contribution in [1.29, 1.82) is 0 Å². The summed E-state index contributed by atoms with van der Waals surface area (Å²) in [5, 5.41) is 3.18. The number of benzene rings is 1. The van der Waals surface area contributed by atoms with Crippen molar-refractivity contribution in [2.45, 2.75) is 19.4 Å². The van der Waals surface area contributed by atoms with Crippen molar-refractivity contribution in [3.8, 4) is 0 Å². The molecule has 2 aromatic rings. The predicted molar refractivity (Wildman–Crippen MR) is 95.2 cm³/mol. The number of nitrogens with one attached hydrogen (secondary N) is 1. The summed E-state index contributed by atoms with van der Waals surface area (Å²) in [4.78, 5) is 13.0. The van der Waals surface area contributed by atoms with Crippen LogP contribution in [0.2, 0.25) is 0 Å². The van der Waals surface area contributed by atoms with Crippen LogP contribution in [0.5, 0.6) is 0 Å². The number of hydrogen-bond donors (Lipinski definition) is 2. The van der Waals surface area contributed by atoms with E-state index in [9.17, 15) is 4.39 Å². The highest BCUT2D eigenvalue weighted by atomic mass is 19.1. The Morgan fingerprint density at radius 2 is 2.08 bits per heavy atom. The van der Waals surface area contributed by atoms with Crippen molar-refractivity contribution < 1.29 is 4.39 Å². The molecule has 0 saturated carbocycles. The molecule has 3 N–H and O–H groups in total. The van der Waals surface area contributed by atoms with Crippen molar-refractivity contribution in [3.63, 3.8) is 0 Å². The van der Waals surface area contributed by atoms with E-state index in [0.29, 0.717) is 17.4 Å². The van der Waals surface area contributed by atoms with E-state index in [4.69, 9.17) is 5.73 Å². The first kappa shape index (κ1) is 16.4. The van der Waals surface area contributed by atoms with Crippen LogP contribution in [0.1, 0.15) is 12.0 Å². The highest BCUT2D eigenvalue weighted by Crippen LogP contribution is 2.25. The summed E-state index contributed by atoms with van der Waals surface area (Å²) >= 11 is 0. The molecule has 7 heteroatoms. The van der Waals surface area contributed by atoms with E-state index in [2.05, 4.69) is 39.2 Å². The average Bonchev–Trinajstić information content (AvgIpc) is 3.01. The van der Waals surface area contributed by atoms with Gasteiger partial charge in [-0.1, -0.05) is 0 Å². The number of aromatic nitrogens is 2. The van der Waals surface area contributed by atoms with Crippen molar-refractivity contribution in [2.24, 2.45) is 0 Å². The van der Waals surface area contributed by atoms with E-state index < -0.39 is 0 Å². The lowest BCUT2D eigenvalue weighted by Crippen LogP contribution is -2.31. The Labute approximate surface area is 141 Å². The molecule has 1 aromatic carbocycles. The van der Waals surface area contributed by atoms with Gasteiger partial charge in [0.2, 0.25) is 5.95 Å². The van der Waals surface area contributed by atoms with Gasteiger partial charge in [0.05, 0.1) is 0 Å². The Hall–Kier alpha value is -2.41. The van der Waals surface area contributed by atoms with Crippen LogP contribution < -0.4 is 16.0 Å². The Morgan fingerprint density at radius 1 is 1.29 bits per heavy atom. The first-order valence-electron chi connectivity index (χ1n) is 8.01. The number of halogens is 1. The summed E-state index contributed by atoms with van der Waals surface area (Å²) in [6.07, 6.45) is 1.09. The molecule has 2 heterocycles. The van der Waals surface area contributed by atoms with E-state index in [1.54, 1.807) is 19.1 Å². The summed E-state index contributed by atoms with van der Waals surface area (Å²) in [6, 6.07) is 7.25. The molecule has 0 unspecified atom stereocenters. The third-order valence-electron chi connectivity index (χ3n) is 4.38. The zero-order valence-electron chi connectivity index (χ0n) is 14.3. The van der Waals surface area contributed by atoms with Crippen molar-refractivity contribution >= 4 is 23.3 Å². The minimum atomic E-state index is -0.227. The molecule has 3 rings (SSSR count). The highest BCUT2D eigenvalue weighted by Gasteiger charge is 2.25. The molecule has 1 aliphatic heterocycles. The molecule has 1 saturated heterocycles. The van der Waals surface area contributed by atoms with Gasteiger partial charge in [0.1, 0.15) is 17.5 Å².